The molecule has 92 valence electrons. The first-order valence-electron chi connectivity index (χ1n) is 6.03. The number of imidazole rings is 1. The van der Waals surface area contributed by atoms with Gasteiger partial charge >= 0.3 is 0 Å². The van der Waals surface area contributed by atoms with Gasteiger partial charge < -0.3 is 15.0 Å². The van der Waals surface area contributed by atoms with E-state index >= 15 is 0 Å². The van der Waals surface area contributed by atoms with Crippen molar-refractivity contribution in [2.24, 2.45) is 5.92 Å². The van der Waals surface area contributed by atoms with Crippen molar-refractivity contribution in [1.29, 1.82) is 0 Å². The molecule has 16 heavy (non-hydrogen) atoms. The lowest BCUT2D eigenvalue weighted by molar-refractivity contribution is 0.149. The topological polar surface area (TPSA) is 49.9 Å². The van der Waals surface area contributed by atoms with Gasteiger partial charge in [-0.2, -0.15) is 0 Å². The van der Waals surface area contributed by atoms with Gasteiger partial charge in [0.2, 0.25) is 0 Å². The molecule has 0 aromatic carbocycles. The Kier molecular flexibility index (Phi) is 6.11. The van der Waals surface area contributed by atoms with Gasteiger partial charge in [0.1, 0.15) is 5.82 Å². The lowest BCUT2D eigenvalue weighted by Crippen LogP contribution is -2.19. The van der Waals surface area contributed by atoms with E-state index < -0.39 is 0 Å². The number of nitrogens with zero attached hydrogens (tertiary/aromatic N) is 1. The molecule has 0 fully saturated rings. The van der Waals surface area contributed by atoms with Crippen LogP contribution in [0.15, 0.2) is 6.20 Å². The van der Waals surface area contributed by atoms with Crippen LogP contribution in [0.5, 0.6) is 0 Å². The Labute approximate surface area is 97.8 Å². The molecule has 1 aromatic heterocycles. The molecular weight excluding hydrogens is 202 g/mol. The monoisotopic (exact) mass is 225 g/mol. The van der Waals surface area contributed by atoms with Gasteiger partial charge in [0.15, 0.2) is 0 Å². The Bertz CT molecular complexity index is 284. The minimum atomic E-state index is 0.681. The van der Waals surface area contributed by atoms with E-state index in [2.05, 4.69) is 29.1 Å². The Morgan fingerprint density at radius 1 is 1.50 bits per heavy atom. The molecule has 0 spiro atoms. The minimum Gasteiger partial charge on any atom is -0.381 e. The van der Waals surface area contributed by atoms with Crippen LogP contribution in [0, 0.1) is 5.92 Å². The number of ether oxygens (including phenoxy) is 1. The maximum absolute atomic E-state index is 5.28. The van der Waals surface area contributed by atoms with Crippen LogP contribution in [0.25, 0.3) is 0 Å². The molecule has 0 aliphatic rings. The lowest BCUT2D eigenvalue weighted by Gasteiger charge is -2.05. The normalized spacial score (nSPS) is 11.2. The number of nitrogens with one attached hydrogen (secondary N) is 2. The zero-order chi connectivity index (χ0) is 11.8. The third-order valence-corrected chi connectivity index (χ3v) is 2.24. The van der Waals surface area contributed by atoms with Crippen LogP contribution < -0.4 is 5.32 Å². The molecule has 0 unspecified atom stereocenters. The highest BCUT2D eigenvalue weighted by Crippen LogP contribution is 1.99. The van der Waals surface area contributed by atoms with Crippen LogP contribution in [0.3, 0.4) is 0 Å². The molecule has 1 heterocycles. The largest absolute Gasteiger partial charge is 0.381 e. The number of H-pyrrole nitrogens is 1. The fourth-order valence-corrected chi connectivity index (χ4v) is 1.43. The third-order valence-electron chi connectivity index (χ3n) is 2.24. The van der Waals surface area contributed by atoms with Gasteiger partial charge in [-0.15, -0.1) is 0 Å². The van der Waals surface area contributed by atoms with Gasteiger partial charge in [0.05, 0.1) is 6.61 Å². The lowest BCUT2D eigenvalue weighted by atomic mass is 10.2. The van der Waals surface area contributed by atoms with E-state index in [0.29, 0.717) is 5.92 Å². The number of rotatable bonds is 8. The molecule has 0 bridgehead atoms. The Morgan fingerprint density at radius 3 is 3.00 bits per heavy atom. The van der Waals surface area contributed by atoms with Gasteiger partial charge in [-0.1, -0.05) is 13.8 Å². The van der Waals surface area contributed by atoms with E-state index in [1.54, 1.807) is 0 Å². The van der Waals surface area contributed by atoms with Crippen molar-refractivity contribution in [3.8, 4) is 0 Å². The summed E-state index contributed by atoms with van der Waals surface area (Å²) in [5.41, 5.74) is 1.15. The van der Waals surface area contributed by atoms with Crippen molar-refractivity contribution < 1.29 is 4.74 Å². The van der Waals surface area contributed by atoms with Crippen molar-refractivity contribution in [1.82, 2.24) is 15.3 Å². The first-order chi connectivity index (χ1) is 7.72. The van der Waals surface area contributed by atoms with Crippen LogP contribution in [0.4, 0.5) is 0 Å². The molecule has 1 rings (SSSR count). The molecule has 4 heteroatoms. The van der Waals surface area contributed by atoms with Gasteiger partial charge in [-0.25, -0.2) is 4.98 Å². The fourth-order valence-electron chi connectivity index (χ4n) is 1.43. The Morgan fingerprint density at radius 2 is 2.31 bits per heavy atom. The van der Waals surface area contributed by atoms with Crippen LogP contribution in [-0.2, 0) is 17.7 Å². The maximum Gasteiger partial charge on any atom is 0.108 e. The molecule has 0 saturated carbocycles. The highest BCUT2D eigenvalue weighted by atomic mass is 16.5. The van der Waals surface area contributed by atoms with Crippen LogP contribution >= 0.6 is 0 Å². The number of hydrogen-bond donors (Lipinski definition) is 2. The van der Waals surface area contributed by atoms with E-state index in [1.165, 1.54) is 0 Å². The Hall–Kier alpha value is -0.870. The average Bonchev–Trinajstić information content (AvgIpc) is 2.66. The SMILES string of the molecule is CCOCCc1ncc(CNCC(C)C)[nH]1. The van der Waals surface area contributed by atoms with Crippen LogP contribution in [0.2, 0.25) is 0 Å². The van der Waals surface area contributed by atoms with Crippen LogP contribution in [-0.4, -0.2) is 29.7 Å². The smallest absolute Gasteiger partial charge is 0.108 e. The summed E-state index contributed by atoms with van der Waals surface area (Å²) in [6, 6.07) is 0. The molecule has 0 amide bonds. The first-order valence-corrected chi connectivity index (χ1v) is 6.03. The van der Waals surface area contributed by atoms with Crippen molar-refractivity contribution in [2.45, 2.75) is 33.7 Å². The van der Waals surface area contributed by atoms with E-state index in [4.69, 9.17) is 4.74 Å². The predicted molar refractivity (Wildman–Crippen MR) is 65.3 cm³/mol. The summed E-state index contributed by atoms with van der Waals surface area (Å²) in [4.78, 5) is 7.60. The van der Waals surface area contributed by atoms with Crippen LogP contribution in [0.1, 0.15) is 32.3 Å². The average molecular weight is 225 g/mol. The van der Waals surface area contributed by atoms with Crippen molar-refractivity contribution in [2.75, 3.05) is 19.8 Å². The summed E-state index contributed by atoms with van der Waals surface area (Å²) in [7, 11) is 0. The minimum absolute atomic E-state index is 0.681. The first kappa shape index (κ1) is 13.2. The molecule has 0 saturated heterocycles. The number of aromatic amines is 1. The third kappa shape index (κ3) is 5.28. The molecule has 0 atom stereocenters. The second-order valence-electron chi connectivity index (χ2n) is 4.33. The second kappa shape index (κ2) is 7.41. The van der Waals surface area contributed by atoms with Gasteiger partial charge in [0, 0.05) is 31.5 Å². The molecule has 0 aliphatic heterocycles. The Balaban J connectivity index is 2.22. The summed E-state index contributed by atoms with van der Waals surface area (Å²) >= 11 is 0. The van der Waals surface area contributed by atoms with Gasteiger partial charge in [-0.3, -0.25) is 0 Å². The van der Waals surface area contributed by atoms with E-state index in [9.17, 15) is 0 Å². The zero-order valence-electron chi connectivity index (χ0n) is 10.5. The van der Waals surface area contributed by atoms with Gasteiger partial charge in [0.25, 0.3) is 0 Å². The fraction of sp³-hybridized carbons (Fsp3) is 0.750. The van der Waals surface area contributed by atoms with Crippen molar-refractivity contribution >= 4 is 0 Å². The molecule has 1 aromatic rings. The zero-order valence-corrected chi connectivity index (χ0v) is 10.5. The molecular formula is C12H23N3O. The summed E-state index contributed by atoms with van der Waals surface area (Å²) in [5, 5.41) is 3.38. The standard InChI is InChI=1S/C12H23N3O/c1-4-16-6-5-12-14-9-11(15-12)8-13-7-10(2)3/h9-10,13H,4-8H2,1-3H3,(H,14,15). The maximum atomic E-state index is 5.28. The summed E-state index contributed by atoms with van der Waals surface area (Å²) in [5.74, 6) is 1.69. The van der Waals surface area contributed by atoms with E-state index in [0.717, 1.165) is 44.2 Å². The highest BCUT2D eigenvalue weighted by molar-refractivity contribution is 5.01. The number of hydrogen-bond acceptors (Lipinski definition) is 3. The summed E-state index contributed by atoms with van der Waals surface area (Å²) in [6.45, 7) is 9.81. The predicted octanol–water partition coefficient (Wildman–Crippen LogP) is 1.73. The molecule has 0 radical (unpaired) electrons. The van der Waals surface area contributed by atoms with Gasteiger partial charge in [-0.05, 0) is 19.4 Å². The van der Waals surface area contributed by atoms with Crippen molar-refractivity contribution in [3.05, 3.63) is 17.7 Å². The molecule has 2 N–H and O–H groups in total. The summed E-state index contributed by atoms with van der Waals surface area (Å²) < 4.78 is 5.28. The van der Waals surface area contributed by atoms with E-state index in [-0.39, 0.29) is 0 Å². The van der Waals surface area contributed by atoms with E-state index in [1.807, 2.05) is 13.1 Å². The number of aromatic nitrogens is 2. The highest BCUT2D eigenvalue weighted by Gasteiger charge is 2.00. The summed E-state index contributed by atoms with van der Waals surface area (Å²) in [6.07, 6.45) is 2.76. The quantitative estimate of drug-likeness (QED) is 0.662. The molecule has 0 aliphatic carbocycles. The second-order valence-corrected chi connectivity index (χ2v) is 4.33. The molecule has 4 nitrogen and oxygen atoms in total. The van der Waals surface area contributed by atoms with Crippen molar-refractivity contribution in [3.63, 3.8) is 0 Å².